The van der Waals surface area contributed by atoms with E-state index in [2.05, 4.69) is 21.2 Å². The molecule has 12 nitrogen and oxygen atoms in total. The molecule has 2 aliphatic rings. The Labute approximate surface area is 254 Å². The van der Waals surface area contributed by atoms with Crippen LogP contribution < -0.4 is 22.6 Å². The number of carbonyl (C=O) groups excluding carboxylic acids is 2. The number of rotatable bonds is 13. The van der Waals surface area contributed by atoms with Gasteiger partial charge < -0.3 is 26.6 Å². The maximum Gasteiger partial charge on any atom is 0.407 e. The van der Waals surface area contributed by atoms with Gasteiger partial charge in [0.1, 0.15) is 19.0 Å². The summed E-state index contributed by atoms with van der Waals surface area (Å²) in [5.74, 6) is 5.06. The van der Waals surface area contributed by atoms with Crippen LogP contribution in [0.1, 0.15) is 86.5 Å². The third-order valence-corrected chi connectivity index (χ3v) is 7.49. The molecule has 2 heterocycles. The van der Waals surface area contributed by atoms with Gasteiger partial charge in [0.15, 0.2) is 0 Å². The first-order valence-electron chi connectivity index (χ1n) is 14.3. The molecule has 2 aromatic rings. The van der Waals surface area contributed by atoms with E-state index in [1.807, 2.05) is 26.7 Å². The number of allylic oxidation sites excluding steroid dienone is 1. The van der Waals surface area contributed by atoms with Crippen molar-refractivity contribution < 1.29 is 27.2 Å². The number of hydrogen-bond acceptors (Lipinski definition) is 9. The number of halogens is 4. The Morgan fingerprint density at radius 2 is 1.84 bits per heavy atom. The van der Waals surface area contributed by atoms with Gasteiger partial charge in [-0.15, -0.1) is 5.10 Å². The van der Waals surface area contributed by atoms with Gasteiger partial charge in [-0.05, 0) is 76.8 Å². The molecular weight excluding hydrogens is 584 g/mol. The van der Waals surface area contributed by atoms with Crippen molar-refractivity contribution in [1.29, 1.82) is 5.26 Å². The van der Waals surface area contributed by atoms with E-state index in [1.54, 1.807) is 10.7 Å². The van der Waals surface area contributed by atoms with Crippen LogP contribution in [0, 0.1) is 35.0 Å². The second-order valence-corrected chi connectivity index (χ2v) is 10.9. The van der Waals surface area contributed by atoms with Crippen molar-refractivity contribution in [2.75, 3.05) is 13.6 Å². The van der Waals surface area contributed by atoms with Crippen LogP contribution in [-0.4, -0.2) is 57.0 Å². The van der Waals surface area contributed by atoms with Gasteiger partial charge in [0, 0.05) is 36.6 Å². The third-order valence-electron chi connectivity index (χ3n) is 7.49. The van der Waals surface area contributed by atoms with E-state index in [0.717, 1.165) is 36.6 Å². The van der Waals surface area contributed by atoms with Gasteiger partial charge in [0.05, 0.1) is 23.8 Å². The van der Waals surface area contributed by atoms with Crippen molar-refractivity contribution in [3.05, 3.63) is 47.6 Å². The standard InChI is InChI=1S/C26H35F4N9O.CH5N.CH2O/c1-15(2)39-20(9-11-34-39)25(40)35-23(22(16-5-6-16)17-7-8-17)18-13-38(36-24(18)27)19(4-3-10-31)21(12-32)37(33)14-26(28,29)30;2*1-2/h9,11-13,15-17,19,22-23H,3-8,14,32-33H2,1-2H3,(H,35,40);2H2,1H3;1H2/b21-12-;;. The zero-order valence-electron chi connectivity index (χ0n) is 25.2. The van der Waals surface area contributed by atoms with Crippen molar-refractivity contribution in [1.82, 2.24) is 29.9 Å². The first-order chi connectivity index (χ1) is 20.9. The average Bonchev–Trinajstić information content (AvgIpc) is 3.91. The first-order valence-corrected chi connectivity index (χ1v) is 14.3. The molecule has 0 bridgehead atoms. The highest BCUT2D eigenvalue weighted by molar-refractivity contribution is 5.92. The Kier molecular flexibility index (Phi) is 13.3. The Balaban J connectivity index is 0.00000162. The maximum atomic E-state index is 15.7. The van der Waals surface area contributed by atoms with Gasteiger partial charge in [-0.1, -0.05) is 0 Å². The molecule has 2 atom stereocenters. The number of amides is 1. The van der Waals surface area contributed by atoms with E-state index in [0.29, 0.717) is 22.5 Å². The number of alkyl halides is 3. The minimum absolute atomic E-state index is 0.00900. The van der Waals surface area contributed by atoms with Crippen molar-refractivity contribution >= 4 is 12.7 Å². The summed E-state index contributed by atoms with van der Waals surface area (Å²) in [5, 5.41) is 20.9. The van der Waals surface area contributed by atoms with Gasteiger partial charge in [-0.3, -0.25) is 14.2 Å². The monoisotopic (exact) mass is 626 g/mol. The molecule has 2 unspecified atom stereocenters. The topological polar surface area (TPSA) is 187 Å². The van der Waals surface area contributed by atoms with Crippen LogP contribution in [0.3, 0.4) is 0 Å². The zero-order valence-corrected chi connectivity index (χ0v) is 25.2. The number of nitrogens with zero attached hydrogens (tertiary/aromatic N) is 6. The summed E-state index contributed by atoms with van der Waals surface area (Å²) in [6, 6.07) is 1.71. The molecule has 0 radical (unpaired) electrons. The first kappa shape index (κ1) is 36.2. The number of aromatic nitrogens is 4. The molecule has 0 spiro atoms. The van der Waals surface area contributed by atoms with Gasteiger partial charge in [0.25, 0.3) is 5.91 Å². The summed E-state index contributed by atoms with van der Waals surface area (Å²) in [7, 11) is 1.50. The quantitative estimate of drug-likeness (QED) is 0.147. The molecule has 2 saturated carbocycles. The van der Waals surface area contributed by atoms with Crippen molar-refractivity contribution in [3.8, 4) is 6.07 Å². The number of nitrogens with one attached hydrogen (secondary N) is 1. The molecule has 244 valence electrons. The van der Waals surface area contributed by atoms with Crippen LogP contribution >= 0.6 is 0 Å². The molecule has 16 heteroatoms. The number of carbonyl (C=O) groups is 2. The molecule has 7 N–H and O–H groups in total. The summed E-state index contributed by atoms with van der Waals surface area (Å²) in [6.07, 6.45) is 3.02. The third kappa shape index (κ3) is 9.26. The Hall–Kier alpha value is -3.97. The van der Waals surface area contributed by atoms with E-state index in [4.69, 9.17) is 21.6 Å². The SMILES string of the molecule is C=O.CC(C)n1nccc1C(=O)NC(c1cn(C(CCC#N)/C(=C/N)N(N)CC(F)(F)F)nc1F)C(C1CC1)C1CC1.CN. The number of nitrogens with two attached hydrogens (primary N) is 3. The van der Waals surface area contributed by atoms with Crippen LogP contribution in [-0.2, 0) is 4.79 Å². The lowest BCUT2D eigenvalue weighted by molar-refractivity contribution is -0.143. The Morgan fingerprint density at radius 1 is 1.25 bits per heavy atom. The summed E-state index contributed by atoms with van der Waals surface area (Å²) < 4.78 is 57.7. The molecule has 4 rings (SSSR count). The smallest absolute Gasteiger partial charge is 0.403 e. The molecule has 0 aliphatic heterocycles. The van der Waals surface area contributed by atoms with E-state index in [1.165, 1.54) is 19.4 Å². The molecule has 44 heavy (non-hydrogen) atoms. The lowest BCUT2D eigenvalue weighted by Crippen LogP contribution is -2.41. The molecule has 0 saturated heterocycles. The summed E-state index contributed by atoms with van der Waals surface area (Å²) >= 11 is 0. The fourth-order valence-corrected chi connectivity index (χ4v) is 5.45. The summed E-state index contributed by atoms with van der Waals surface area (Å²) in [4.78, 5) is 21.5. The number of hydrazine groups is 1. The van der Waals surface area contributed by atoms with Crippen LogP contribution in [0.2, 0.25) is 0 Å². The van der Waals surface area contributed by atoms with Crippen LogP contribution in [0.25, 0.3) is 0 Å². The number of hydrogen-bond donors (Lipinski definition) is 4. The highest BCUT2D eigenvalue weighted by atomic mass is 19.4. The Bertz CT molecular complexity index is 1270. The lowest BCUT2D eigenvalue weighted by Gasteiger charge is -2.29. The van der Waals surface area contributed by atoms with Crippen LogP contribution in [0.5, 0.6) is 0 Å². The summed E-state index contributed by atoms with van der Waals surface area (Å²) in [5.41, 5.74) is 10.5. The van der Waals surface area contributed by atoms with E-state index < -0.39 is 36.7 Å². The minimum Gasteiger partial charge on any atom is -0.403 e. The second-order valence-electron chi connectivity index (χ2n) is 10.9. The second kappa shape index (κ2) is 16.2. The normalized spacial score (nSPS) is 16.3. The van der Waals surface area contributed by atoms with Crippen molar-refractivity contribution in [2.45, 2.75) is 76.7 Å². The van der Waals surface area contributed by atoms with E-state index in [-0.39, 0.29) is 36.1 Å². The van der Waals surface area contributed by atoms with Crippen LogP contribution in [0.4, 0.5) is 17.6 Å². The minimum atomic E-state index is -4.62. The molecule has 0 aromatic carbocycles. The van der Waals surface area contributed by atoms with E-state index >= 15 is 4.39 Å². The number of nitriles is 1. The predicted molar refractivity (Wildman–Crippen MR) is 154 cm³/mol. The largest absolute Gasteiger partial charge is 0.407 e. The van der Waals surface area contributed by atoms with Crippen LogP contribution in [0.15, 0.2) is 30.4 Å². The summed E-state index contributed by atoms with van der Waals surface area (Å²) in [6.45, 7) is 4.29. The highest BCUT2D eigenvalue weighted by Gasteiger charge is 2.48. The molecular formula is C28H42F4N10O2. The fraction of sp³-hybridized carbons (Fsp3) is 0.607. The lowest BCUT2D eigenvalue weighted by atomic mass is 9.86. The van der Waals surface area contributed by atoms with Gasteiger partial charge in [-0.25, -0.2) is 5.84 Å². The maximum absolute atomic E-state index is 15.7. The van der Waals surface area contributed by atoms with Gasteiger partial charge in [0.2, 0.25) is 5.95 Å². The highest BCUT2D eigenvalue weighted by Crippen LogP contribution is 2.54. The van der Waals surface area contributed by atoms with Gasteiger partial charge in [-0.2, -0.15) is 27.9 Å². The molecule has 2 fully saturated rings. The van der Waals surface area contributed by atoms with Crippen molar-refractivity contribution in [3.63, 3.8) is 0 Å². The molecule has 1 amide bonds. The molecule has 2 aliphatic carbocycles. The van der Waals surface area contributed by atoms with E-state index in [9.17, 15) is 18.0 Å². The fourth-order valence-electron chi connectivity index (χ4n) is 5.45. The zero-order chi connectivity index (χ0) is 33.2. The van der Waals surface area contributed by atoms with Crippen molar-refractivity contribution in [2.24, 2.45) is 35.1 Å². The van der Waals surface area contributed by atoms with Gasteiger partial charge >= 0.3 is 6.18 Å². The molecule has 2 aromatic heterocycles. The predicted octanol–water partition coefficient (Wildman–Crippen LogP) is 3.48. The Morgan fingerprint density at radius 3 is 2.32 bits per heavy atom. The average molecular weight is 627 g/mol.